The first kappa shape index (κ1) is 15.5. The molecule has 0 fully saturated rings. The van der Waals surface area contributed by atoms with Gasteiger partial charge in [0.1, 0.15) is 12.0 Å². The Morgan fingerprint density at radius 3 is 2.92 bits per heavy atom. The fraction of sp³-hybridized carbons (Fsp3) is 0.294. The maximum atomic E-state index is 12.3. The summed E-state index contributed by atoms with van der Waals surface area (Å²) in [5, 5.41) is 8.48. The standard InChI is InChI=1S/C17H18N6O2/c1-3-25-17(24)16-15-7-13-11(8-18)20-21-23(13)14-6-10(2)4-5-12(14)22(15)9-19-16/h4-6,9H,3,7-8,18H2,1-2H3. The molecule has 1 aliphatic rings. The molecule has 0 saturated heterocycles. The smallest absolute Gasteiger partial charge is 0.358 e. The van der Waals surface area contributed by atoms with Crippen molar-refractivity contribution >= 4 is 5.97 Å². The quantitative estimate of drug-likeness (QED) is 0.565. The van der Waals surface area contributed by atoms with Gasteiger partial charge in [-0.1, -0.05) is 11.3 Å². The Morgan fingerprint density at radius 2 is 2.16 bits per heavy atom. The number of benzene rings is 1. The summed E-state index contributed by atoms with van der Waals surface area (Å²) in [7, 11) is 0. The molecule has 3 aromatic rings. The maximum absolute atomic E-state index is 12.3. The molecule has 4 rings (SSSR count). The molecule has 2 aromatic heterocycles. The van der Waals surface area contributed by atoms with Crippen molar-refractivity contribution < 1.29 is 9.53 Å². The van der Waals surface area contributed by atoms with Crippen LogP contribution in [0.3, 0.4) is 0 Å². The van der Waals surface area contributed by atoms with E-state index in [1.54, 1.807) is 17.9 Å². The van der Waals surface area contributed by atoms with Crippen LogP contribution in [-0.2, 0) is 17.7 Å². The van der Waals surface area contributed by atoms with Crippen molar-refractivity contribution in [1.82, 2.24) is 24.5 Å². The first-order chi connectivity index (χ1) is 12.1. The Labute approximate surface area is 144 Å². The molecule has 8 nitrogen and oxygen atoms in total. The molecule has 1 aromatic carbocycles. The van der Waals surface area contributed by atoms with E-state index in [0.717, 1.165) is 28.3 Å². The van der Waals surface area contributed by atoms with E-state index in [4.69, 9.17) is 10.5 Å². The van der Waals surface area contributed by atoms with Gasteiger partial charge in [-0.15, -0.1) is 5.10 Å². The molecule has 8 heteroatoms. The molecular weight excluding hydrogens is 320 g/mol. The van der Waals surface area contributed by atoms with Gasteiger partial charge in [0.15, 0.2) is 5.69 Å². The predicted molar refractivity (Wildman–Crippen MR) is 89.9 cm³/mol. The Balaban J connectivity index is 1.99. The number of hydrogen-bond donors (Lipinski definition) is 1. The van der Waals surface area contributed by atoms with Gasteiger partial charge in [-0.2, -0.15) is 0 Å². The van der Waals surface area contributed by atoms with Gasteiger partial charge in [0.05, 0.1) is 29.4 Å². The predicted octanol–water partition coefficient (Wildman–Crippen LogP) is 1.30. The summed E-state index contributed by atoms with van der Waals surface area (Å²) >= 11 is 0. The van der Waals surface area contributed by atoms with Crippen LogP contribution >= 0.6 is 0 Å². The number of ether oxygens (including phenoxy) is 1. The molecule has 25 heavy (non-hydrogen) atoms. The van der Waals surface area contributed by atoms with E-state index in [1.807, 2.05) is 29.7 Å². The summed E-state index contributed by atoms with van der Waals surface area (Å²) in [5.41, 5.74) is 11.3. The van der Waals surface area contributed by atoms with Crippen molar-refractivity contribution in [2.24, 2.45) is 5.73 Å². The molecule has 0 bridgehead atoms. The maximum Gasteiger partial charge on any atom is 0.358 e. The fourth-order valence-electron chi connectivity index (χ4n) is 3.15. The number of carbonyl (C=O) groups is 1. The number of aromatic nitrogens is 5. The molecule has 128 valence electrons. The lowest BCUT2D eigenvalue weighted by Gasteiger charge is -2.10. The van der Waals surface area contributed by atoms with E-state index in [1.165, 1.54) is 0 Å². The molecule has 1 aliphatic heterocycles. The second-order valence-corrected chi connectivity index (χ2v) is 5.90. The second-order valence-electron chi connectivity index (χ2n) is 5.90. The second kappa shape index (κ2) is 5.82. The van der Waals surface area contributed by atoms with Gasteiger partial charge in [0.25, 0.3) is 0 Å². The van der Waals surface area contributed by atoms with E-state index >= 15 is 0 Å². The zero-order valence-electron chi connectivity index (χ0n) is 14.1. The van der Waals surface area contributed by atoms with Crippen LogP contribution in [0.1, 0.15) is 40.1 Å². The first-order valence-corrected chi connectivity index (χ1v) is 8.12. The topological polar surface area (TPSA) is 101 Å². The summed E-state index contributed by atoms with van der Waals surface area (Å²) in [6.45, 7) is 4.37. The van der Waals surface area contributed by atoms with E-state index < -0.39 is 5.97 Å². The van der Waals surface area contributed by atoms with Gasteiger partial charge in [-0.3, -0.25) is 4.57 Å². The number of fused-ring (bicyclic) bond motifs is 5. The van der Waals surface area contributed by atoms with Crippen LogP contribution in [0.2, 0.25) is 0 Å². The molecule has 0 spiro atoms. The van der Waals surface area contributed by atoms with Crippen molar-refractivity contribution in [3.8, 4) is 11.4 Å². The van der Waals surface area contributed by atoms with Crippen molar-refractivity contribution in [3.63, 3.8) is 0 Å². The summed E-state index contributed by atoms with van der Waals surface area (Å²) in [4.78, 5) is 16.6. The zero-order chi connectivity index (χ0) is 17.6. The van der Waals surface area contributed by atoms with Crippen LogP contribution in [0.4, 0.5) is 0 Å². The van der Waals surface area contributed by atoms with E-state index in [-0.39, 0.29) is 6.54 Å². The average Bonchev–Trinajstić information content (AvgIpc) is 3.17. The van der Waals surface area contributed by atoms with Gasteiger partial charge >= 0.3 is 5.97 Å². The van der Waals surface area contributed by atoms with Crippen LogP contribution in [0.15, 0.2) is 24.5 Å². The van der Waals surface area contributed by atoms with Crippen molar-refractivity contribution in [3.05, 3.63) is 52.9 Å². The Morgan fingerprint density at radius 1 is 1.32 bits per heavy atom. The molecule has 0 atom stereocenters. The number of nitrogens with zero attached hydrogens (tertiary/aromatic N) is 5. The van der Waals surface area contributed by atoms with Crippen LogP contribution in [0, 0.1) is 6.92 Å². The van der Waals surface area contributed by atoms with E-state index in [0.29, 0.717) is 24.4 Å². The SMILES string of the molecule is CCOC(=O)c1ncn2c1Cc1c(CN)nnn1-c1cc(C)ccc1-2. The summed E-state index contributed by atoms with van der Waals surface area (Å²) in [6.07, 6.45) is 2.10. The third-order valence-electron chi connectivity index (χ3n) is 4.33. The minimum Gasteiger partial charge on any atom is -0.461 e. The monoisotopic (exact) mass is 338 g/mol. The third-order valence-corrected chi connectivity index (χ3v) is 4.33. The molecule has 0 unspecified atom stereocenters. The number of hydrogen-bond acceptors (Lipinski definition) is 6. The molecule has 0 amide bonds. The number of aryl methyl sites for hydroxylation is 1. The van der Waals surface area contributed by atoms with Gasteiger partial charge in [-0.25, -0.2) is 14.5 Å². The molecule has 0 radical (unpaired) electrons. The lowest BCUT2D eigenvalue weighted by molar-refractivity contribution is 0.0519. The highest BCUT2D eigenvalue weighted by Gasteiger charge is 2.28. The third kappa shape index (κ3) is 2.33. The number of esters is 1. The Hall–Kier alpha value is -3.00. The normalized spacial score (nSPS) is 12.1. The summed E-state index contributed by atoms with van der Waals surface area (Å²) in [5.74, 6) is -0.430. The van der Waals surface area contributed by atoms with Gasteiger partial charge < -0.3 is 10.5 Å². The zero-order valence-corrected chi connectivity index (χ0v) is 14.1. The van der Waals surface area contributed by atoms with Crippen molar-refractivity contribution in [2.75, 3.05) is 6.61 Å². The van der Waals surface area contributed by atoms with Crippen LogP contribution in [0.5, 0.6) is 0 Å². The molecule has 0 saturated carbocycles. The van der Waals surface area contributed by atoms with Crippen LogP contribution in [0.25, 0.3) is 11.4 Å². The average molecular weight is 338 g/mol. The van der Waals surface area contributed by atoms with Crippen molar-refractivity contribution in [2.45, 2.75) is 26.8 Å². The van der Waals surface area contributed by atoms with E-state index in [9.17, 15) is 4.79 Å². The first-order valence-electron chi connectivity index (χ1n) is 8.12. The molecule has 3 heterocycles. The largest absolute Gasteiger partial charge is 0.461 e. The summed E-state index contributed by atoms with van der Waals surface area (Å²) in [6, 6.07) is 6.04. The minimum atomic E-state index is -0.430. The number of rotatable bonds is 3. The molecular formula is C17H18N6O2. The highest BCUT2D eigenvalue weighted by molar-refractivity contribution is 5.89. The lowest BCUT2D eigenvalue weighted by atomic mass is 10.1. The minimum absolute atomic E-state index is 0.277. The fourth-order valence-corrected chi connectivity index (χ4v) is 3.15. The highest BCUT2D eigenvalue weighted by Crippen LogP contribution is 2.30. The Bertz CT molecular complexity index is 972. The lowest BCUT2D eigenvalue weighted by Crippen LogP contribution is -2.11. The van der Waals surface area contributed by atoms with Crippen LogP contribution in [-0.4, -0.2) is 37.1 Å². The van der Waals surface area contributed by atoms with Gasteiger partial charge in [-0.05, 0) is 31.5 Å². The summed E-state index contributed by atoms with van der Waals surface area (Å²) < 4.78 is 8.86. The Kier molecular flexibility index (Phi) is 3.61. The molecule has 0 aliphatic carbocycles. The molecule has 2 N–H and O–H groups in total. The highest BCUT2D eigenvalue weighted by atomic mass is 16.5. The number of nitrogens with two attached hydrogens (primary N) is 1. The van der Waals surface area contributed by atoms with Crippen molar-refractivity contribution in [1.29, 1.82) is 0 Å². The number of imidazole rings is 1. The van der Waals surface area contributed by atoms with Gasteiger partial charge in [0.2, 0.25) is 0 Å². The van der Waals surface area contributed by atoms with Gasteiger partial charge in [0, 0.05) is 13.0 Å². The van der Waals surface area contributed by atoms with E-state index in [2.05, 4.69) is 15.3 Å². The number of carbonyl (C=O) groups excluding carboxylic acids is 1. The van der Waals surface area contributed by atoms with Crippen LogP contribution < -0.4 is 5.73 Å².